The maximum atomic E-state index is 11.9. The van der Waals surface area contributed by atoms with E-state index in [1.165, 1.54) is 29.8 Å². The number of carbonyl (C=O) groups excluding carboxylic acids is 3. The first kappa shape index (κ1) is 223. The summed E-state index contributed by atoms with van der Waals surface area (Å²) in [6.45, 7) is 4.14. The number of ether oxygens (including phenoxy) is 4. The topological polar surface area (TPSA) is 114 Å². The van der Waals surface area contributed by atoms with Gasteiger partial charge in [-0.25, -0.2) is 19.6 Å². The van der Waals surface area contributed by atoms with Crippen LogP contribution in [0.5, 0.6) is 11.8 Å². The van der Waals surface area contributed by atoms with Crippen molar-refractivity contribution < 1.29 is 46.6 Å². The molecular weight excluding hydrogens is 14700 g/mol. The first-order valence-electron chi connectivity index (χ1n) is 26.3. The molecule has 0 radical (unpaired) electrons. The number of nitrogens with zero attached hydrogens (tertiary/aromatic N) is 2. The van der Waals surface area contributed by atoms with Gasteiger partial charge in [-0.3, -0.25) is 4.79 Å². The average molecular weight is 14700 g/mol. The Hall–Kier alpha value is 77.9. The fraction of sp³-hybridized carbons (Fsp3) is 0.292. The van der Waals surface area contributed by atoms with Crippen molar-refractivity contribution in [2.24, 2.45) is 0 Å². The van der Waals surface area contributed by atoms with Crippen molar-refractivity contribution in [2.75, 3.05) is 27.4 Å². The molecule has 123 heteroatoms. The third-order valence-corrected chi connectivity index (χ3v) is 8520. The molecule has 0 fully saturated rings. The second-order valence-electron chi connectivity index (χ2n) is 15.5. The van der Waals surface area contributed by atoms with Crippen molar-refractivity contribution in [3.05, 3.63) is 45.4 Å². The van der Waals surface area contributed by atoms with E-state index < -0.39 is 424 Å². The van der Waals surface area contributed by atoms with Crippen LogP contribution in [0.15, 0.2) is 24.5 Å². The Kier molecular flexibility index (Phi) is 201. The van der Waals surface area contributed by atoms with E-state index in [2.05, 4.69) is 1090 Å². The number of thiophene rings is 2. The number of hydrogen-bond acceptors (Lipinski definition) is 11. The van der Waals surface area contributed by atoms with Crippen molar-refractivity contribution in [1.29, 1.82) is 0 Å². The number of alkyl halides is 1. The molecular formula is C24H23BrI111N2O7S2-. The molecule has 4 aromatic heterocycles. The molecule has 4 heterocycles. The van der Waals surface area contributed by atoms with Gasteiger partial charge in [-0.05, 0) is 26.0 Å². The molecule has 4 aromatic rings. The molecule has 0 atom stereocenters. The van der Waals surface area contributed by atoms with Crippen LogP contribution in [0, 0.1) is 0 Å². The predicted octanol–water partition coefficient (Wildman–Crippen LogP) is 100. The molecule has 0 aliphatic heterocycles. The number of rotatable bonds is 60. The molecule has 0 amide bonds. The van der Waals surface area contributed by atoms with Crippen LogP contribution in [0.25, 0.3) is 20.2 Å². The molecule has 0 aliphatic carbocycles. The van der Waals surface area contributed by atoms with Gasteiger partial charge in [0.05, 0.1) is 43.8 Å². The minimum absolute atomic E-state index is 0.265. The Bertz CT molecular complexity index is 4290. The van der Waals surface area contributed by atoms with Gasteiger partial charge < -0.3 is 18.9 Å². The van der Waals surface area contributed by atoms with E-state index in [0.717, 1.165) is 20.3 Å². The number of hydrogen-bond donors (Lipinski definition) is 0. The summed E-state index contributed by atoms with van der Waals surface area (Å²) in [5, 5.41) is 2.00. The molecule has 0 N–H and O–H groups in total. The molecule has 0 saturated heterocycles. The van der Waals surface area contributed by atoms with E-state index in [-0.39, 0.29) is 23.0 Å². The molecule has 0 spiro atoms. The zero-order valence-electron chi connectivity index (χ0n) is 61.9. The van der Waals surface area contributed by atoms with Gasteiger partial charge in [0.2, 0.25) is 11.8 Å². The second-order valence-corrected chi connectivity index (χ2v) is 2620. The summed E-state index contributed by atoms with van der Waals surface area (Å²) in [5.74, 6) is 0.0770. The zero-order valence-corrected chi connectivity index (χ0v) is 305. The van der Waals surface area contributed by atoms with E-state index in [1.54, 1.807) is 39.4 Å². The fourth-order valence-electron chi connectivity index (χ4n) is 4.90. The summed E-state index contributed by atoms with van der Waals surface area (Å²) in [4.78, 5) is 43.9. The number of aromatic nitrogens is 2. The summed E-state index contributed by atoms with van der Waals surface area (Å²) < 4.78 is 22.1. The summed E-state index contributed by atoms with van der Waals surface area (Å²) in [5.41, 5.74) is 1.15. The fourth-order valence-corrected chi connectivity index (χ4v) is 20800. The van der Waals surface area contributed by atoms with Gasteiger partial charge >= 0.3 is 1500 Å². The number of pyridine rings is 2. The van der Waals surface area contributed by atoms with Crippen LogP contribution in [0.3, 0.4) is 0 Å². The number of fused-ring (bicyclic) bond motifs is 2. The van der Waals surface area contributed by atoms with Crippen molar-refractivity contribution >= 4 is 1560 Å². The van der Waals surface area contributed by atoms with E-state index in [4.69, 9.17) is 18.9 Å². The van der Waals surface area contributed by atoms with E-state index in [0.29, 0.717) is 53.5 Å². The van der Waals surface area contributed by atoms with Crippen LogP contribution in [-0.4, -0.2) is 55.6 Å². The van der Waals surface area contributed by atoms with Crippen LogP contribution in [-0.2, 0) is 14.8 Å². The minimum atomic E-state index is -0.593. The number of aldehydes is 1. The third-order valence-electron chi connectivity index (χ3n) is 9.03. The van der Waals surface area contributed by atoms with Crippen LogP contribution < -0.4 is 22.7 Å². The summed E-state index contributed by atoms with van der Waals surface area (Å²) >= 11 is 194. The SMILES string of the molecule is CCOC(=O)c1sc2ccnc(OC)c2c1C=O.CCOC(=O)c1sc2ccnc(OC)c2c1CBr.II(I)I(I)I(I)I(I)I(I)I(I)I(I)I(I)I(I)I(I)I(I)I(I)I(I)I(I)I(I)I(I)I(I)I(I)I(I)I(I)I(I)I(I)I(I)I(I)I(I)I(I)I(I)I.I[I-]I(I)I(I)I(I)I(I)I(I)I(I)I(I)I(I)I(I)I(I)I(I)I(I)I(I)I(I)I(I)I(I)I(I)I(I)I(I)I(I)I(I)I(I)I(I)I(I)I(I)I(I)I. The number of methoxy groups -OCH3 is 2. The average Bonchev–Trinajstić information content (AvgIpc) is 1.63. The number of carbonyl (C=O) groups is 3. The predicted molar refractivity (Wildman–Crippen MR) is 1680 cm³/mol. The van der Waals surface area contributed by atoms with E-state index in [1.807, 2.05) is 6.07 Å². The number of halogens is 112. The molecule has 0 aliphatic rings. The first-order valence-corrected chi connectivity index (χ1v) is 714. The van der Waals surface area contributed by atoms with Gasteiger partial charge in [0.1, 0.15) is 9.75 Å². The van der Waals surface area contributed by atoms with Gasteiger partial charge in [0.15, 0.2) is 6.29 Å². The summed E-state index contributed by atoms with van der Waals surface area (Å²) in [7, 11) is -25.8. The molecule has 147 heavy (non-hydrogen) atoms. The van der Waals surface area contributed by atoms with Gasteiger partial charge in [0, 0.05) is 32.7 Å². The van der Waals surface area contributed by atoms with Gasteiger partial charge in [0.25, 0.3) is 0 Å². The molecule has 0 saturated carbocycles. The second kappa shape index (κ2) is 132. The summed E-state index contributed by atoms with van der Waals surface area (Å²) in [6.07, 6.45) is 3.88. The Labute approximate surface area is 1620 Å². The summed E-state index contributed by atoms with van der Waals surface area (Å²) in [6, 6.07) is 3.61. The van der Waals surface area contributed by atoms with Crippen LogP contribution in [0.1, 0.15) is 49.1 Å². The van der Waals surface area contributed by atoms with Crippen LogP contribution in [0.4, 0.5) is 0 Å². The molecule has 0 aromatic carbocycles. The Morgan fingerprint density at radius 3 is 0.605 bits per heavy atom. The van der Waals surface area contributed by atoms with Crippen molar-refractivity contribution in [3.63, 3.8) is 0 Å². The first-order chi connectivity index (χ1) is 67.9. The van der Waals surface area contributed by atoms with Crippen molar-refractivity contribution in [1.82, 2.24) is 9.97 Å². The monoisotopic (exact) mass is 14700 g/mol. The quantitative estimate of drug-likeness (QED) is 0.0184. The number of esters is 2. The Morgan fingerprint density at radius 2 is 0.442 bits per heavy atom. The van der Waals surface area contributed by atoms with Gasteiger partial charge in [-0.2, -0.15) is 0 Å². The molecule has 9 nitrogen and oxygen atoms in total. The molecule has 0 bridgehead atoms. The normalized spacial score (nSPS) is 16.8. The molecule has 968 valence electrons. The van der Waals surface area contributed by atoms with Crippen molar-refractivity contribution in [3.8, 4) is 11.8 Å². The molecule has 0 unspecified atom stereocenters. The third kappa shape index (κ3) is 86.1. The standard InChI is InChI=1S/C12H12BrNO3S.C12H11NO4S.I56.I55/c1-3-17-12(15)10-7(6-13)9-8(18-10)4-5-14-11(9)16-2;1-3-17-12(15)10-7(6-14)9-8(18-10)4-5-13-11(9)16-2;1-30(2)32(5)34(7)36(9)38(11)40(13)42(15)44(17)46(19)48(21)50(23)52(25)54(27)56(29)55(28)53(26)51(24)49(22)47(20)45(18)43(16)41(14)39(12)37(10)35(8)33(6)31(3)4;1-29-31(4)33(6)35(8)37(10)39(12)41(14)43(16)45(18)47(20)49(22)51(24)53(26)55(28)54(27)52(25)50(23)48(21)46(19)44(17)42(15)40(13)38(11)36(9)34(7)32(5)30(2)3/h4-5H,3,6H2,1-2H3;4-6H,3H2,1-2H3;;/q;;;-1. The zero-order chi connectivity index (χ0) is 115. The van der Waals surface area contributed by atoms with Crippen LogP contribution in [0.2, 0.25) is 0 Å². The Morgan fingerprint density at radius 1 is 0.279 bits per heavy atom. The van der Waals surface area contributed by atoms with Crippen molar-refractivity contribution in [2.45, 2.75) is 19.2 Å². The van der Waals surface area contributed by atoms with Gasteiger partial charge in [-0.1, -0.05) is 15.9 Å². The van der Waals surface area contributed by atoms with E-state index >= 15 is 0 Å². The van der Waals surface area contributed by atoms with Gasteiger partial charge in [-0.15, -0.1) is 22.7 Å². The van der Waals surface area contributed by atoms with E-state index in [9.17, 15) is 14.4 Å². The maximum absolute atomic E-state index is 11.9. The van der Waals surface area contributed by atoms with Crippen LogP contribution >= 0.6 is 1520 Å². The Balaban J connectivity index is 0.00000109. The molecule has 4 rings (SSSR count).